The first-order chi connectivity index (χ1) is 9.65. The van der Waals surface area contributed by atoms with Gasteiger partial charge in [-0.3, -0.25) is 4.79 Å². The Bertz CT molecular complexity index is 634. The minimum Gasteiger partial charge on any atom is -0.348 e. The predicted octanol–water partition coefficient (Wildman–Crippen LogP) is 3.98. The zero-order valence-corrected chi connectivity index (χ0v) is 12.0. The number of benzene rings is 2. The highest BCUT2D eigenvalue weighted by Crippen LogP contribution is 2.11. The van der Waals surface area contributed by atoms with Crippen LogP contribution < -0.4 is 5.32 Å². The van der Waals surface area contributed by atoms with Gasteiger partial charge in [0.2, 0.25) is 5.91 Å². The molecule has 2 aromatic rings. The predicted molar refractivity (Wildman–Crippen MR) is 83.5 cm³/mol. The molecule has 0 atom stereocenters. The summed E-state index contributed by atoms with van der Waals surface area (Å²) >= 11 is 5.88. The van der Waals surface area contributed by atoms with Crippen molar-refractivity contribution in [2.75, 3.05) is 0 Å². The van der Waals surface area contributed by atoms with Crippen LogP contribution in [0.3, 0.4) is 0 Å². The second-order valence-corrected chi connectivity index (χ2v) is 4.97. The fourth-order valence-electron chi connectivity index (χ4n) is 1.83. The van der Waals surface area contributed by atoms with E-state index in [9.17, 15) is 4.79 Å². The van der Waals surface area contributed by atoms with Crippen molar-refractivity contribution in [2.45, 2.75) is 13.5 Å². The van der Waals surface area contributed by atoms with Gasteiger partial charge in [-0.15, -0.1) is 0 Å². The van der Waals surface area contributed by atoms with Crippen molar-refractivity contribution in [1.82, 2.24) is 5.32 Å². The molecule has 0 aliphatic heterocycles. The van der Waals surface area contributed by atoms with Gasteiger partial charge < -0.3 is 5.32 Å². The first kappa shape index (κ1) is 14.4. The van der Waals surface area contributed by atoms with Crippen molar-refractivity contribution in [3.05, 3.63) is 76.3 Å². The zero-order chi connectivity index (χ0) is 14.4. The van der Waals surface area contributed by atoms with Crippen LogP contribution in [0.15, 0.2) is 54.6 Å². The molecule has 0 aliphatic rings. The lowest BCUT2D eigenvalue weighted by atomic mass is 10.1. The van der Waals surface area contributed by atoms with Gasteiger partial charge in [0, 0.05) is 17.6 Å². The normalized spacial score (nSPS) is 10.7. The average molecular weight is 286 g/mol. The number of rotatable bonds is 4. The van der Waals surface area contributed by atoms with Crippen LogP contribution in [-0.4, -0.2) is 5.91 Å². The number of amides is 1. The summed E-state index contributed by atoms with van der Waals surface area (Å²) in [6.07, 6.45) is 3.27. The fourth-order valence-corrected chi connectivity index (χ4v) is 2.03. The maximum absolute atomic E-state index is 11.8. The van der Waals surface area contributed by atoms with Gasteiger partial charge in [-0.2, -0.15) is 0 Å². The number of halogens is 1. The number of hydrogen-bond acceptors (Lipinski definition) is 1. The highest BCUT2D eigenvalue weighted by molar-refractivity contribution is 6.30. The summed E-state index contributed by atoms with van der Waals surface area (Å²) in [6.45, 7) is 2.56. The second kappa shape index (κ2) is 6.92. The topological polar surface area (TPSA) is 29.1 Å². The standard InChI is InChI=1S/C17H16ClNO/c1-13-5-2-3-7-15(13)12-19-17(20)10-9-14-6-4-8-16(18)11-14/h2-11H,12H2,1H3,(H,19,20)/b10-9+. The molecule has 1 N–H and O–H groups in total. The number of aryl methyl sites for hydroxylation is 1. The first-order valence-corrected chi connectivity index (χ1v) is 6.79. The highest BCUT2D eigenvalue weighted by Gasteiger charge is 1.99. The average Bonchev–Trinajstić information content (AvgIpc) is 2.44. The van der Waals surface area contributed by atoms with Gasteiger partial charge in [0.05, 0.1) is 0 Å². The van der Waals surface area contributed by atoms with Crippen LogP contribution >= 0.6 is 11.6 Å². The Morgan fingerprint density at radius 2 is 2.00 bits per heavy atom. The molecule has 0 saturated carbocycles. The Labute approximate surface area is 124 Å². The molecule has 0 saturated heterocycles. The zero-order valence-electron chi connectivity index (χ0n) is 11.3. The molecular weight excluding hydrogens is 270 g/mol. The Morgan fingerprint density at radius 1 is 1.20 bits per heavy atom. The molecule has 0 heterocycles. The summed E-state index contributed by atoms with van der Waals surface area (Å²) in [5.74, 6) is -0.117. The molecule has 2 aromatic carbocycles. The maximum Gasteiger partial charge on any atom is 0.244 e. The molecular formula is C17H16ClNO. The molecule has 0 spiro atoms. The molecule has 3 heteroatoms. The summed E-state index contributed by atoms with van der Waals surface area (Å²) in [5.41, 5.74) is 3.20. The molecule has 1 amide bonds. The van der Waals surface area contributed by atoms with Gasteiger partial charge in [0.15, 0.2) is 0 Å². The Balaban J connectivity index is 1.91. The molecule has 0 unspecified atom stereocenters. The first-order valence-electron chi connectivity index (χ1n) is 6.41. The molecule has 0 aromatic heterocycles. The van der Waals surface area contributed by atoms with Gasteiger partial charge in [-0.05, 0) is 41.8 Å². The van der Waals surface area contributed by atoms with Crippen LogP contribution in [0.4, 0.5) is 0 Å². The van der Waals surface area contributed by atoms with E-state index in [1.54, 1.807) is 12.1 Å². The van der Waals surface area contributed by atoms with E-state index >= 15 is 0 Å². The van der Waals surface area contributed by atoms with Gasteiger partial charge in [-0.1, -0.05) is 48.0 Å². The number of nitrogens with one attached hydrogen (secondary N) is 1. The molecule has 0 fully saturated rings. The third-order valence-electron chi connectivity index (χ3n) is 2.99. The molecule has 0 aliphatic carbocycles. The quantitative estimate of drug-likeness (QED) is 0.846. The summed E-state index contributed by atoms with van der Waals surface area (Å²) < 4.78 is 0. The van der Waals surface area contributed by atoms with E-state index < -0.39 is 0 Å². The maximum atomic E-state index is 11.8. The fraction of sp³-hybridized carbons (Fsp3) is 0.118. The number of hydrogen-bond donors (Lipinski definition) is 1. The Morgan fingerprint density at radius 3 is 2.75 bits per heavy atom. The van der Waals surface area contributed by atoms with Gasteiger partial charge >= 0.3 is 0 Å². The minimum atomic E-state index is -0.117. The number of carbonyl (C=O) groups is 1. The highest BCUT2D eigenvalue weighted by atomic mass is 35.5. The van der Waals surface area contributed by atoms with Crippen molar-refractivity contribution in [3.63, 3.8) is 0 Å². The van der Waals surface area contributed by atoms with E-state index in [2.05, 4.69) is 5.32 Å². The summed E-state index contributed by atoms with van der Waals surface area (Å²) in [6, 6.07) is 15.4. The van der Waals surface area contributed by atoms with Crippen molar-refractivity contribution in [2.24, 2.45) is 0 Å². The van der Waals surface area contributed by atoms with Crippen LogP contribution in [0.5, 0.6) is 0 Å². The van der Waals surface area contributed by atoms with Gasteiger partial charge in [-0.25, -0.2) is 0 Å². The Hall–Kier alpha value is -2.06. The summed E-state index contributed by atoms with van der Waals surface area (Å²) in [5, 5.41) is 3.53. The van der Waals surface area contributed by atoms with Crippen LogP contribution in [-0.2, 0) is 11.3 Å². The Kier molecular flexibility index (Phi) is 4.97. The molecule has 102 valence electrons. The minimum absolute atomic E-state index is 0.117. The van der Waals surface area contributed by atoms with Crippen molar-refractivity contribution in [1.29, 1.82) is 0 Å². The molecule has 0 radical (unpaired) electrons. The van der Waals surface area contributed by atoms with E-state index in [-0.39, 0.29) is 5.91 Å². The third kappa shape index (κ3) is 4.25. The second-order valence-electron chi connectivity index (χ2n) is 4.53. The number of carbonyl (C=O) groups excluding carboxylic acids is 1. The van der Waals surface area contributed by atoms with Gasteiger partial charge in [0.1, 0.15) is 0 Å². The van der Waals surface area contributed by atoms with Crippen molar-refractivity contribution >= 4 is 23.6 Å². The largest absolute Gasteiger partial charge is 0.348 e. The SMILES string of the molecule is Cc1ccccc1CNC(=O)/C=C/c1cccc(Cl)c1. The molecule has 2 rings (SSSR count). The summed E-state index contributed by atoms with van der Waals surface area (Å²) in [4.78, 5) is 11.8. The van der Waals surface area contributed by atoms with Gasteiger partial charge in [0.25, 0.3) is 0 Å². The summed E-state index contributed by atoms with van der Waals surface area (Å²) in [7, 11) is 0. The molecule has 2 nitrogen and oxygen atoms in total. The van der Waals surface area contributed by atoms with Crippen LogP contribution in [0, 0.1) is 6.92 Å². The van der Waals surface area contributed by atoms with Crippen molar-refractivity contribution < 1.29 is 4.79 Å². The molecule has 0 bridgehead atoms. The lowest BCUT2D eigenvalue weighted by molar-refractivity contribution is -0.116. The van der Waals surface area contributed by atoms with E-state index in [0.717, 1.165) is 11.1 Å². The monoisotopic (exact) mass is 285 g/mol. The van der Waals surface area contributed by atoms with Crippen LogP contribution in [0.2, 0.25) is 5.02 Å². The van der Waals surface area contributed by atoms with Crippen molar-refractivity contribution in [3.8, 4) is 0 Å². The third-order valence-corrected chi connectivity index (χ3v) is 3.23. The smallest absolute Gasteiger partial charge is 0.244 e. The van der Waals surface area contributed by atoms with Crippen LogP contribution in [0.1, 0.15) is 16.7 Å². The lowest BCUT2D eigenvalue weighted by Gasteiger charge is -2.05. The molecule has 20 heavy (non-hydrogen) atoms. The van der Waals surface area contributed by atoms with E-state index in [4.69, 9.17) is 11.6 Å². The van der Waals surface area contributed by atoms with Crippen LogP contribution in [0.25, 0.3) is 6.08 Å². The van der Waals surface area contributed by atoms with E-state index in [1.807, 2.05) is 49.4 Å². The lowest BCUT2D eigenvalue weighted by Crippen LogP contribution is -2.20. The van der Waals surface area contributed by atoms with E-state index in [0.29, 0.717) is 11.6 Å². The van der Waals surface area contributed by atoms with E-state index in [1.165, 1.54) is 11.6 Å².